The lowest BCUT2D eigenvalue weighted by atomic mass is 10.1. The first-order valence-electron chi connectivity index (χ1n) is 5.85. The molecule has 0 radical (unpaired) electrons. The molecule has 1 aromatic heterocycles. The van der Waals surface area contributed by atoms with Crippen LogP contribution in [0.5, 0.6) is 0 Å². The van der Waals surface area contributed by atoms with E-state index in [4.69, 9.17) is 10.2 Å². The fourth-order valence-electron chi connectivity index (χ4n) is 1.83. The maximum atomic E-state index is 12.2. The number of hydrogen-bond acceptors (Lipinski definition) is 4. The second-order valence-corrected chi connectivity index (χ2v) is 5.88. The Bertz CT molecular complexity index is 649. The van der Waals surface area contributed by atoms with E-state index in [0.717, 1.165) is 5.56 Å². The Morgan fingerprint density at radius 3 is 2.68 bits per heavy atom. The van der Waals surface area contributed by atoms with Crippen LogP contribution >= 0.6 is 0 Å². The Morgan fingerprint density at radius 2 is 2.05 bits per heavy atom. The van der Waals surface area contributed by atoms with Crippen molar-refractivity contribution in [1.82, 2.24) is 4.72 Å². The molecule has 0 aliphatic carbocycles. The van der Waals surface area contributed by atoms with Crippen molar-refractivity contribution in [3.63, 3.8) is 0 Å². The fraction of sp³-hybridized carbons (Fsp3) is 0.231. The zero-order valence-electron chi connectivity index (χ0n) is 10.6. The van der Waals surface area contributed by atoms with Crippen LogP contribution in [0.25, 0.3) is 0 Å². The van der Waals surface area contributed by atoms with Crippen LogP contribution in [0, 0.1) is 6.92 Å². The van der Waals surface area contributed by atoms with Gasteiger partial charge in [-0.15, -0.1) is 0 Å². The van der Waals surface area contributed by atoms with E-state index in [1.165, 1.54) is 6.26 Å². The highest BCUT2D eigenvalue weighted by molar-refractivity contribution is 7.89. The Hall–Kier alpha value is -1.63. The third kappa shape index (κ3) is 3.04. The number of hydrogen-bond donors (Lipinski definition) is 2. The summed E-state index contributed by atoms with van der Waals surface area (Å²) in [5.41, 5.74) is 7.08. The first-order chi connectivity index (χ1) is 9.04. The Kier molecular flexibility index (Phi) is 4.04. The highest BCUT2D eigenvalue weighted by Crippen LogP contribution is 2.18. The largest absolute Gasteiger partial charge is 0.468 e. The number of furan rings is 1. The summed E-state index contributed by atoms with van der Waals surface area (Å²) in [5, 5.41) is 0. The number of sulfonamides is 1. The predicted molar refractivity (Wildman–Crippen MR) is 71.8 cm³/mol. The predicted octanol–water partition coefficient (Wildman–Crippen LogP) is 1.53. The maximum Gasteiger partial charge on any atom is 0.241 e. The average molecular weight is 280 g/mol. The normalized spacial score (nSPS) is 11.7. The number of rotatable bonds is 5. The molecule has 5 nitrogen and oxygen atoms in total. The van der Waals surface area contributed by atoms with Crippen LogP contribution in [0.4, 0.5) is 0 Å². The lowest BCUT2D eigenvalue weighted by Gasteiger charge is -2.11. The number of nitrogens with one attached hydrogen (secondary N) is 1. The van der Waals surface area contributed by atoms with Crippen molar-refractivity contribution in [1.29, 1.82) is 0 Å². The van der Waals surface area contributed by atoms with E-state index in [2.05, 4.69) is 4.72 Å². The zero-order valence-corrected chi connectivity index (χ0v) is 11.4. The molecule has 0 spiro atoms. The molecule has 19 heavy (non-hydrogen) atoms. The summed E-state index contributed by atoms with van der Waals surface area (Å²) >= 11 is 0. The van der Waals surface area contributed by atoms with Gasteiger partial charge in [0, 0.05) is 6.54 Å². The summed E-state index contributed by atoms with van der Waals surface area (Å²) in [6, 6.07) is 8.51. The van der Waals surface area contributed by atoms with Crippen molar-refractivity contribution >= 4 is 10.0 Å². The summed E-state index contributed by atoms with van der Waals surface area (Å²) in [6.45, 7) is 2.19. The molecule has 0 aliphatic heterocycles. The molecule has 1 aromatic carbocycles. The zero-order chi connectivity index (χ0) is 13.9. The van der Waals surface area contributed by atoms with Crippen LogP contribution in [0.2, 0.25) is 0 Å². The molecule has 102 valence electrons. The molecule has 0 saturated carbocycles. The van der Waals surface area contributed by atoms with Gasteiger partial charge in [0.2, 0.25) is 10.0 Å². The maximum absolute atomic E-state index is 12.2. The average Bonchev–Trinajstić information content (AvgIpc) is 2.90. The van der Waals surface area contributed by atoms with Crippen LogP contribution in [0.1, 0.15) is 16.9 Å². The van der Waals surface area contributed by atoms with Gasteiger partial charge in [0.1, 0.15) is 5.76 Å². The van der Waals surface area contributed by atoms with Gasteiger partial charge in [-0.25, -0.2) is 13.1 Å². The van der Waals surface area contributed by atoms with Crippen molar-refractivity contribution in [3.8, 4) is 0 Å². The van der Waals surface area contributed by atoms with Crippen molar-refractivity contribution in [2.45, 2.75) is 24.9 Å². The molecule has 0 aliphatic rings. The van der Waals surface area contributed by atoms with Gasteiger partial charge in [0.15, 0.2) is 0 Å². The second kappa shape index (κ2) is 5.56. The standard InChI is InChI=1S/C13H16N2O3S/c1-10-11(8-14)4-2-6-13(10)19(16,17)15-9-12-5-3-7-18-12/h2-7,15H,8-9,14H2,1H3. The van der Waals surface area contributed by atoms with E-state index in [1.54, 1.807) is 31.2 Å². The van der Waals surface area contributed by atoms with Crippen LogP contribution in [-0.4, -0.2) is 8.42 Å². The van der Waals surface area contributed by atoms with Gasteiger partial charge in [0.05, 0.1) is 17.7 Å². The molecule has 0 bridgehead atoms. The van der Waals surface area contributed by atoms with Gasteiger partial charge >= 0.3 is 0 Å². The molecular formula is C13H16N2O3S. The minimum atomic E-state index is -3.57. The topological polar surface area (TPSA) is 85.3 Å². The summed E-state index contributed by atoms with van der Waals surface area (Å²) in [7, 11) is -3.57. The molecule has 1 heterocycles. The summed E-state index contributed by atoms with van der Waals surface area (Å²) in [5.74, 6) is 0.566. The molecule has 2 rings (SSSR count). The lowest BCUT2D eigenvalue weighted by Crippen LogP contribution is -2.24. The van der Waals surface area contributed by atoms with Crippen LogP contribution in [0.3, 0.4) is 0 Å². The minimum Gasteiger partial charge on any atom is -0.468 e. The van der Waals surface area contributed by atoms with E-state index in [0.29, 0.717) is 17.9 Å². The molecule has 0 unspecified atom stereocenters. The van der Waals surface area contributed by atoms with E-state index >= 15 is 0 Å². The minimum absolute atomic E-state index is 0.127. The lowest BCUT2D eigenvalue weighted by molar-refractivity contribution is 0.498. The van der Waals surface area contributed by atoms with E-state index in [9.17, 15) is 8.42 Å². The first kappa shape index (κ1) is 13.8. The smallest absolute Gasteiger partial charge is 0.241 e. The third-order valence-corrected chi connectivity index (χ3v) is 4.47. The van der Waals surface area contributed by atoms with Gasteiger partial charge in [-0.1, -0.05) is 12.1 Å². The molecule has 2 aromatic rings. The van der Waals surface area contributed by atoms with Crippen molar-refractivity contribution < 1.29 is 12.8 Å². The highest BCUT2D eigenvalue weighted by atomic mass is 32.2. The van der Waals surface area contributed by atoms with Crippen LogP contribution in [0.15, 0.2) is 45.9 Å². The van der Waals surface area contributed by atoms with Crippen molar-refractivity contribution in [2.75, 3.05) is 0 Å². The third-order valence-electron chi connectivity index (χ3n) is 2.92. The fourth-order valence-corrected chi connectivity index (χ4v) is 3.11. The van der Waals surface area contributed by atoms with E-state index < -0.39 is 10.0 Å². The Labute approximate surface area is 112 Å². The van der Waals surface area contributed by atoms with E-state index in [1.807, 2.05) is 6.07 Å². The first-order valence-corrected chi connectivity index (χ1v) is 7.33. The number of nitrogens with two attached hydrogens (primary N) is 1. The van der Waals surface area contributed by atoms with Gasteiger partial charge in [-0.05, 0) is 36.2 Å². The monoisotopic (exact) mass is 280 g/mol. The van der Waals surface area contributed by atoms with Gasteiger partial charge < -0.3 is 10.2 Å². The number of benzene rings is 1. The van der Waals surface area contributed by atoms with Gasteiger partial charge in [-0.3, -0.25) is 0 Å². The molecular weight excluding hydrogens is 264 g/mol. The van der Waals surface area contributed by atoms with Gasteiger partial charge in [-0.2, -0.15) is 0 Å². The molecule has 0 saturated heterocycles. The quantitative estimate of drug-likeness (QED) is 0.869. The summed E-state index contributed by atoms with van der Waals surface area (Å²) < 4.78 is 32.0. The summed E-state index contributed by atoms with van der Waals surface area (Å²) in [4.78, 5) is 0.252. The Balaban J connectivity index is 2.24. The van der Waals surface area contributed by atoms with Crippen molar-refractivity contribution in [3.05, 3.63) is 53.5 Å². The van der Waals surface area contributed by atoms with Crippen LogP contribution < -0.4 is 10.5 Å². The molecule has 0 amide bonds. The molecule has 6 heteroatoms. The summed E-state index contributed by atoms with van der Waals surface area (Å²) in [6.07, 6.45) is 1.50. The highest BCUT2D eigenvalue weighted by Gasteiger charge is 2.18. The van der Waals surface area contributed by atoms with Crippen LogP contribution in [-0.2, 0) is 23.1 Å². The SMILES string of the molecule is Cc1c(CN)cccc1S(=O)(=O)NCc1ccco1. The van der Waals surface area contributed by atoms with Gasteiger partial charge in [0.25, 0.3) is 0 Å². The second-order valence-electron chi connectivity index (χ2n) is 4.15. The van der Waals surface area contributed by atoms with E-state index in [-0.39, 0.29) is 11.4 Å². The molecule has 3 N–H and O–H groups in total. The molecule has 0 fully saturated rings. The van der Waals surface area contributed by atoms with Crippen molar-refractivity contribution in [2.24, 2.45) is 5.73 Å². The Morgan fingerprint density at radius 1 is 1.26 bits per heavy atom. The molecule has 0 atom stereocenters.